The Morgan fingerprint density at radius 2 is 1.75 bits per heavy atom. The molecule has 4 heteroatoms. The fourth-order valence-electron chi connectivity index (χ4n) is 0. The molecule has 0 atom stereocenters. The second-order valence-corrected chi connectivity index (χ2v) is 0.862. The zero-order valence-electron chi connectivity index (χ0n) is 4.58. The first kappa shape index (κ1) is 10.5. The van der Waals surface area contributed by atoms with E-state index in [1.165, 1.54) is 0 Å². The Bertz CT molecular complexity index is 38.3. The summed E-state index contributed by atoms with van der Waals surface area (Å²) in [7, 11) is 0. The van der Waals surface area contributed by atoms with Crippen molar-refractivity contribution in [1.82, 2.24) is 0 Å². The highest BCUT2D eigenvalue weighted by molar-refractivity contribution is 5.49. The van der Waals surface area contributed by atoms with Crippen LogP contribution in [-0.4, -0.2) is 36.3 Å². The molecule has 8 heavy (non-hydrogen) atoms. The van der Waals surface area contributed by atoms with E-state index in [0.717, 1.165) is 0 Å². The molecule has 0 saturated carbocycles. The lowest BCUT2D eigenvalue weighted by Crippen LogP contribution is -2.02. The van der Waals surface area contributed by atoms with Gasteiger partial charge in [0, 0.05) is 6.54 Å². The van der Waals surface area contributed by atoms with Crippen molar-refractivity contribution in [2.45, 2.75) is 0 Å². The van der Waals surface area contributed by atoms with Gasteiger partial charge in [0.15, 0.2) is 0 Å². The molecule has 0 bridgehead atoms. The quantitative estimate of drug-likeness (QED) is 0.373. The lowest BCUT2D eigenvalue weighted by molar-refractivity contribution is -0.110. The van der Waals surface area contributed by atoms with Crippen LogP contribution in [0, 0.1) is 0 Å². The van der Waals surface area contributed by atoms with Crippen molar-refractivity contribution in [3.05, 3.63) is 0 Å². The number of carbonyl (C=O) groups excluding carboxylic acids is 1. The normalized spacial score (nSPS) is 6.88. The maximum absolute atomic E-state index is 8.92. The number of nitrogens with two attached hydrogens (primary N) is 1. The van der Waals surface area contributed by atoms with E-state index >= 15 is 0 Å². The first-order valence-corrected chi connectivity index (χ1v) is 2.18. The van der Waals surface area contributed by atoms with Crippen LogP contribution in [0.3, 0.4) is 0 Å². The average molecular weight is 121 g/mol. The highest BCUT2D eigenvalue weighted by Gasteiger charge is 1.56. The standard InChI is InChI=1S/C2H7NO.C2H4O2/c2*3-1-2-4/h4H,1-3H2;1,4H,2H2. The van der Waals surface area contributed by atoms with Gasteiger partial charge in [0.1, 0.15) is 6.29 Å². The smallest absolute Gasteiger partial charge is 0.145 e. The van der Waals surface area contributed by atoms with Crippen molar-refractivity contribution in [1.29, 1.82) is 0 Å². The molecule has 0 aliphatic rings. The molecule has 50 valence electrons. The summed E-state index contributed by atoms with van der Waals surface area (Å²) in [5, 5.41) is 15.3. The summed E-state index contributed by atoms with van der Waals surface area (Å²) >= 11 is 0. The van der Waals surface area contributed by atoms with Crippen molar-refractivity contribution in [2.75, 3.05) is 19.8 Å². The van der Waals surface area contributed by atoms with Gasteiger partial charge in [-0.15, -0.1) is 0 Å². The Labute approximate surface area is 47.9 Å². The van der Waals surface area contributed by atoms with E-state index in [1.807, 2.05) is 0 Å². The molecule has 0 radical (unpaired) electrons. The van der Waals surface area contributed by atoms with Crippen LogP contribution in [0.2, 0.25) is 0 Å². The molecule has 0 saturated heterocycles. The minimum Gasteiger partial charge on any atom is -0.395 e. The lowest BCUT2D eigenvalue weighted by Gasteiger charge is -1.71. The van der Waals surface area contributed by atoms with Gasteiger partial charge in [-0.3, -0.25) is 0 Å². The number of carbonyl (C=O) groups is 1. The molecule has 0 heterocycles. The van der Waals surface area contributed by atoms with E-state index in [2.05, 4.69) is 0 Å². The van der Waals surface area contributed by atoms with Gasteiger partial charge in [-0.05, 0) is 0 Å². The summed E-state index contributed by atoms with van der Waals surface area (Å²) in [5.74, 6) is 0. The summed E-state index contributed by atoms with van der Waals surface area (Å²) in [4.78, 5) is 8.92. The van der Waals surface area contributed by atoms with E-state index < -0.39 is 0 Å². The van der Waals surface area contributed by atoms with E-state index in [-0.39, 0.29) is 13.2 Å². The van der Waals surface area contributed by atoms with Crippen LogP contribution in [0.1, 0.15) is 0 Å². The van der Waals surface area contributed by atoms with E-state index in [1.54, 1.807) is 0 Å². The van der Waals surface area contributed by atoms with Crippen molar-refractivity contribution in [3.63, 3.8) is 0 Å². The minimum atomic E-state index is -0.361. The van der Waals surface area contributed by atoms with Crippen molar-refractivity contribution < 1.29 is 15.0 Å². The Balaban J connectivity index is 0. The molecule has 0 rings (SSSR count). The summed E-state index contributed by atoms with van der Waals surface area (Å²) in [5.41, 5.74) is 4.78. The minimum absolute atomic E-state index is 0.0972. The number of aliphatic hydroxyl groups is 2. The van der Waals surface area contributed by atoms with Crippen LogP contribution in [0.4, 0.5) is 0 Å². The summed E-state index contributed by atoms with van der Waals surface area (Å²) in [6.45, 7) is 0.111. The van der Waals surface area contributed by atoms with Gasteiger partial charge >= 0.3 is 0 Å². The van der Waals surface area contributed by atoms with Gasteiger partial charge in [0.25, 0.3) is 0 Å². The molecule has 0 aliphatic heterocycles. The largest absolute Gasteiger partial charge is 0.395 e. The maximum atomic E-state index is 8.92. The van der Waals surface area contributed by atoms with Gasteiger partial charge in [-0.2, -0.15) is 0 Å². The molecule has 0 amide bonds. The molecule has 4 nitrogen and oxygen atoms in total. The number of aliphatic hydroxyl groups excluding tert-OH is 2. The summed E-state index contributed by atoms with van der Waals surface area (Å²) in [6, 6.07) is 0. The Morgan fingerprint density at radius 1 is 1.50 bits per heavy atom. The third kappa shape index (κ3) is 47.8. The van der Waals surface area contributed by atoms with Crippen molar-refractivity contribution in [2.24, 2.45) is 5.73 Å². The highest BCUT2D eigenvalue weighted by atomic mass is 16.3. The van der Waals surface area contributed by atoms with Crippen LogP contribution in [0.15, 0.2) is 0 Å². The van der Waals surface area contributed by atoms with Crippen molar-refractivity contribution >= 4 is 6.29 Å². The monoisotopic (exact) mass is 121 g/mol. The van der Waals surface area contributed by atoms with Crippen LogP contribution < -0.4 is 5.73 Å². The fraction of sp³-hybridized carbons (Fsp3) is 0.750. The molecule has 0 spiro atoms. The molecule has 0 aromatic rings. The van der Waals surface area contributed by atoms with Crippen molar-refractivity contribution in [3.8, 4) is 0 Å². The second-order valence-electron chi connectivity index (χ2n) is 0.862. The number of hydrogen-bond acceptors (Lipinski definition) is 4. The van der Waals surface area contributed by atoms with Crippen LogP contribution in [0.5, 0.6) is 0 Å². The molecule has 0 aliphatic carbocycles. The van der Waals surface area contributed by atoms with E-state index in [9.17, 15) is 0 Å². The number of hydrogen-bond donors (Lipinski definition) is 3. The van der Waals surface area contributed by atoms with Crippen LogP contribution in [-0.2, 0) is 4.79 Å². The highest BCUT2D eigenvalue weighted by Crippen LogP contribution is 1.33. The zero-order chi connectivity index (χ0) is 6.83. The summed E-state index contributed by atoms with van der Waals surface area (Å²) < 4.78 is 0. The first-order valence-electron chi connectivity index (χ1n) is 2.18. The molecule has 0 aromatic carbocycles. The second kappa shape index (κ2) is 16.0. The average Bonchev–Trinajstić information content (AvgIpc) is 1.88. The third-order valence-electron chi connectivity index (χ3n) is 0.204. The van der Waals surface area contributed by atoms with E-state index in [0.29, 0.717) is 12.8 Å². The summed E-state index contributed by atoms with van der Waals surface area (Å²) in [6.07, 6.45) is 0.431. The molecular formula is C4H11NO3. The molecule has 0 aromatic heterocycles. The number of aldehydes is 1. The SMILES string of the molecule is NCCO.O=CCO. The lowest BCUT2D eigenvalue weighted by atomic mass is 10.8. The van der Waals surface area contributed by atoms with Crippen LogP contribution in [0.25, 0.3) is 0 Å². The fourth-order valence-corrected chi connectivity index (χ4v) is 0. The first-order chi connectivity index (χ1) is 3.83. The van der Waals surface area contributed by atoms with Gasteiger partial charge in [0.2, 0.25) is 0 Å². The van der Waals surface area contributed by atoms with Gasteiger partial charge in [0.05, 0.1) is 13.2 Å². The Kier molecular flexibility index (Phi) is 21.0. The number of rotatable bonds is 2. The zero-order valence-corrected chi connectivity index (χ0v) is 4.58. The van der Waals surface area contributed by atoms with Gasteiger partial charge in [-0.25, -0.2) is 0 Å². The van der Waals surface area contributed by atoms with E-state index in [4.69, 9.17) is 20.7 Å². The molecule has 4 N–H and O–H groups in total. The van der Waals surface area contributed by atoms with Gasteiger partial charge in [-0.1, -0.05) is 0 Å². The van der Waals surface area contributed by atoms with Gasteiger partial charge < -0.3 is 20.7 Å². The molecule has 0 unspecified atom stereocenters. The predicted molar refractivity (Wildman–Crippen MR) is 29.3 cm³/mol. The predicted octanol–water partition coefficient (Wildman–Crippen LogP) is -1.89. The van der Waals surface area contributed by atoms with Crippen LogP contribution >= 0.6 is 0 Å². The molecule has 0 fully saturated rings. The molecular weight excluding hydrogens is 110 g/mol. The Morgan fingerprint density at radius 3 is 1.75 bits per heavy atom. The topological polar surface area (TPSA) is 83.5 Å². The Hall–Kier alpha value is -0.450. The maximum Gasteiger partial charge on any atom is 0.145 e. The third-order valence-corrected chi connectivity index (χ3v) is 0.204.